The molecule has 31 heavy (non-hydrogen) atoms. The van der Waals surface area contributed by atoms with Crippen LogP contribution in [0.5, 0.6) is 0 Å². The number of hydrogen-bond acceptors (Lipinski definition) is 12. The first-order chi connectivity index (χ1) is 13.2. The maximum atomic E-state index is 12.0. The molecule has 0 aromatic heterocycles. The second-order valence-electron chi connectivity index (χ2n) is 5.68. The van der Waals surface area contributed by atoms with Crippen molar-refractivity contribution in [2.45, 2.75) is 9.79 Å². The fourth-order valence-electron chi connectivity index (χ4n) is 2.07. The second kappa shape index (κ2) is 11.5. The number of nitrogens with zero attached hydrogens (tertiary/aromatic N) is 2. The Bertz CT molecular complexity index is 1280. The van der Waals surface area contributed by atoms with Gasteiger partial charge in [0, 0.05) is 0 Å². The zero-order valence-corrected chi connectivity index (χ0v) is 22.9. The van der Waals surface area contributed by atoms with Gasteiger partial charge in [0.15, 0.2) is 9.84 Å². The number of nitrogen functional groups attached to an aromatic ring is 2. The summed E-state index contributed by atoms with van der Waals surface area (Å²) in [7, 11) is -13.5. The topological polar surface area (TPSA) is 225 Å². The van der Waals surface area contributed by atoms with Crippen molar-refractivity contribution >= 4 is 52.8 Å². The third-order valence-electron chi connectivity index (χ3n) is 3.50. The molecule has 17 heteroatoms. The van der Waals surface area contributed by atoms with Crippen LogP contribution in [0.3, 0.4) is 0 Å². The molecule has 0 bridgehead atoms. The van der Waals surface area contributed by atoms with Gasteiger partial charge in [-0.15, -0.1) is 5.11 Å². The molecule has 12 nitrogen and oxygen atoms in total. The molecule has 0 radical (unpaired) electrons. The largest absolute Gasteiger partial charge is 1.00 e. The zero-order chi connectivity index (χ0) is 22.0. The van der Waals surface area contributed by atoms with Crippen LogP contribution in [0.15, 0.2) is 56.4 Å². The minimum Gasteiger partial charge on any atom is -0.748 e. The average molecular weight is 508 g/mol. The Morgan fingerprint density at radius 2 is 1.32 bits per heavy atom. The quantitative estimate of drug-likeness (QED) is 0.156. The number of benzene rings is 2. The van der Waals surface area contributed by atoms with Gasteiger partial charge in [-0.05, 0) is 36.4 Å². The monoisotopic (exact) mass is 508 g/mol. The summed E-state index contributed by atoms with van der Waals surface area (Å²) in [5, 5.41) is 7.49. The van der Waals surface area contributed by atoms with E-state index >= 15 is 0 Å². The van der Waals surface area contributed by atoms with Crippen molar-refractivity contribution in [1.29, 1.82) is 0 Å². The Morgan fingerprint density at radius 3 is 1.81 bits per heavy atom. The second-order valence-corrected chi connectivity index (χ2v) is 10.7. The first kappa shape index (κ1) is 30.4. The van der Waals surface area contributed by atoms with Gasteiger partial charge in [0.2, 0.25) is 0 Å². The van der Waals surface area contributed by atoms with Crippen LogP contribution in [0.2, 0.25) is 0 Å². The van der Waals surface area contributed by atoms with E-state index < -0.39 is 46.5 Å². The Kier molecular flexibility index (Phi) is 11.3. The van der Waals surface area contributed by atoms with Crippen LogP contribution in [0.25, 0.3) is 0 Å². The molecule has 2 rings (SSSR count). The van der Waals surface area contributed by atoms with Crippen molar-refractivity contribution in [3.63, 3.8) is 0 Å². The van der Waals surface area contributed by atoms with Gasteiger partial charge in [-0.1, -0.05) is 0 Å². The van der Waals surface area contributed by atoms with Crippen molar-refractivity contribution in [3.8, 4) is 0 Å². The SMILES string of the molecule is Nc1cc(N)c(S(=O)(=O)[O-])cc1N=Nc1ccc(S(=O)(=O)CCS(=O)(=O)[O-])cc1.[Na+].[Na+]. The summed E-state index contributed by atoms with van der Waals surface area (Å²) in [6.45, 7) is 0. The van der Waals surface area contributed by atoms with E-state index in [4.69, 9.17) is 11.5 Å². The van der Waals surface area contributed by atoms with Crippen LogP contribution in [-0.4, -0.2) is 45.9 Å². The fourth-order valence-corrected chi connectivity index (χ4v) is 5.15. The summed E-state index contributed by atoms with van der Waals surface area (Å²) in [5.41, 5.74) is 10.7. The van der Waals surface area contributed by atoms with E-state index in [1.54, 1.807) is 0 Å². The third kappa shape index (κ3) is 9.05. The molecule has 0 atom stereocenters. The minimum absolute atomic E-state index is 0. The number of anilines is 2. The number of hydrogen-bond donors (Lipinski definition) is 2. The molecule has 0 aliphatic carbocycles. The van der Waals surface area contributed by atoms with Crippen LogP contribution in [0.4, 0.5) is 22.7 Å². The molecule has 0 heterocycles. The Morgan fingerprint density at radius 1 is 0.774 bits per heavy atom. The Hall–Kier alpha value is -0.590. The molecule has 0 aliphatic rings. The van der Waals surface area contributed by atoms with Gasteiger partial charge in [0.25, 0.3) is 0 Å². The van der Waals surface area contributed by atoms with E-state index in [-0.39, 0.29) is 86.8 Å². The summed E-state index contributed by atoms with van der Waals surface area (Å²) >= 11 is 0. The van der Waals surface area contributed by atoms with Crippen molar-refractivity contribution in [2.75, 3.05) is 23.0 Å². The molecule has 0 saturated carbocycles. The third-order valence-corrected chi connectivity index (χ3v) is 7.09. The van der Waals surface area contributed by atoms with E-state index in [0.29, 0.717) is 0 Å². The maximum Gasteiger partial charge on any atom is 1.00 e. The normalized spacial score (nSPS) is 12.2. The predicted octanol–water partition coefficient (Wildman–Crippen LogP) is -5.50. The standard InChI is InChI=1S/C14H16N4O8S3.2Na/c15-11-7-12(16)14(29(24,25)26)8-13(11)18-17-9-1-3-10(4-2-9)27(19,20)5-6-28(21,22)23;;/h1-4,7-8H,5-6,15-16H2,(H,21,22,23)(H,24,25,26);;/q;2*+1/p-2. The zero-order valence-electron chi connectivity index (χ0n) is 16.4. The van der Waals surface area contributed by atoms with Crippen LogP contribution in [-0.2, 0) is 30.1 Å². The van der Waals surface area contributed by atoms with Gasteiger partial charge in [0.05, 0.1) is 48.5 Å². The van der Waals surface area contributed by atoms with Gasteiger partial charge in [-0.3, -0.25) is 0 Å². The van der Waals surface area contributed by atoms with E-state index in [1.807, 2.05) is 0 Å². The van der Waals surface area contributed by atoms with Crippen LogP contribution in [0.1, 0.15) is 0 Å². The van der Waals surface area contributed by atoms with Gasteiger partial charge in [0.1, 0.15) is 15.8 Å². The van der Waals surface area contributed by atoms with Gasteiger partial charge < -0.3 is 20.6 Å². The van der Waals surface area contributed by atoms with Crippen molar-refractivity contribution < 1.29 is 93.5 Å². The Balaban J connectivity index is 0.00000450. The first-order valence-electron chi connectivity index (χ1n) is 7.52. The van der Waals surface area contributed by atoms with Crippen LogP contribution < -0.4 is 70.6 Å². The fraction of sp³-hybridized carbons (Fsp3) is 0.143. The summed E-state index contributed by atoms with van der Waals surface area (Å²) < 4.78 is 89.3. The number of nitrogens with two attached hydrogens (primary N) is 2. The van der Waals surface area contributed by atoms with Gasteiger partial charge in [-0.25, -0.2) is 25.3 Å². The molecule has 0 saturated heterocycles. The molecule has 0 aliphatic heterocycles. The smallest absolute Gasteiger partial charge is 0.748 e. The Labute approximate surface area is 223 Å². The molecule has 2 aromatic rings. The molecule has 0 spiro atoms. The number of rotatable bonds is 7. The molecule has 2 aromatic carbocycles. The van der Waals surface area contributed by atoms with E-state index in [1.165, 1.54) is 12.1 Å². The molecule has 0 fully saturated rings. The molecular formula is C14H14N4Na2O8S3. The molecular weight excluding hydrogens is 494 g/mol. The number of azo groups is 1. The van der Waals surface area contributed by atoms with Crippen LogP contribution in [0, 0.1) is 0 Å². The van der Waals surface area contributed by atoms with Crippen molar-refractivity contribution in [1.82, 2.24) is 0 Å². The first-order valence-corrected chi connectivity index (χ1v) is 12.2. The van der Waals surface area contributed by atoms with E-state index in [2.05, 4.69) is 10.2 Å². The molecule has 158 valence electrons. The number of sulfone groups is 1. The summed E-state index contributed by atoms with van der Waals surface area (Å²) in [6.07, 6.45) is 0. The van der Waals surface area contributed by atoms with Gasteiger partial charge in [-0.2, -0.15) is 5.11 Å². The maximum absolute atomic E-state index is 12.0. The van der Waals surface area contributed by atoms with E-state index in [9.17, 15) is 34.4 Å². The molecule has 0 amide bonds. The summed E-state index contributed by atoms with van der Waals surface area (Å²) in [4.78, 5) is -0.942. The molecule has 0 unspecified atom stereocenters. The van der Waals surface area contributed by atoms with Crippen molar-refractivity contribution in [3.05, 3.63) is 36.4 Å². The van der Waals surface area contributed by atoms with E-state index in [0.717, 1.165) is 24.3 Å². The van der Waals surface area contributed by atoms with Crippen molar-refractivity contribution in [2.24, 2.45) is 10.2 Å². The summed E-state index contributed by atoms with van der Waals surface area (Å²) in [6, 6.07) is 6.63. The average Bonchev–Trinajstić information content (AvgIpc) is 2.58. The summed E-state index contributed by atoms with van der Waals surface area (Å²) in [5.74, 6) is -1.92. The van der Waals surface area contributed by atoms with Gasteiger partial charge >= 0.3 is 59.1 Å². The minimum atomic E-state index is -4.86. The molecule has 4 N–H and O–H groups in total. The van der Waals surface area contributed by atoms with Crippen LogP contribution >= 0.6 is 0 Å². The predicted molar refractivity (Wildman–Crippen MR) is 100 cm³/mol.